The lowest BCUT2D eigenvalue weighted by molar-refractivity contribution is 0.643. The summed E-state index contributed by atoms with van der Waals surface area (Å²) in [5.41, 5.74) is 9.41. The van der Waals surface area contributed by atoms with Crippen LogP contribution >= 0.6 is 0 Å². The van der Waals surface area contributed by atoms with Crippen molar-refractivity contribution >= 4 is 17.3 Å². The van der Waals surface area contributed by atoms with Crippen LogP contribution in [0.5, 0.6) is 0 Å². The third-order valence-electron chi connectivity index (χ3n) is 5.62. The van der Waals surface area contributed by atoms with Crippen LogP contribution in [0.1, 0.15) is 47.5 Å². The number of aromatic nitrogens is 2. The van der Waals surface area contributed by atoms with E-state index < -0.39 is 0 Å². The summed E-state index contributed by atoms with van der Waals surface area (Å²) in [4.78, 5) is 11.2. The van der Waals surface area contributed by atoms with Crippen LogP contribution in [-0.2, 0) is 0 Å². The minimum absolute atomic E-state index is 0.0860. The van der Waals surface area contributed by atoms with Gasteiger partial charge in [-0.15, -0.1) is 0 Å². The molecular weight excluding hydrogens is 282 g/mol. The molecule has 0 radical (unpaired) electrons. The Balaban J connectivity index is 2.35. The van der Waals surface area contributed by atoms with Crippen molar-refractivity contribution in [2.24, 2.45) is 0 Å². The zero-order valence-corrected chi connectivity index (χ0v) is 15.2. The van der Waals surface area contributed by atoms with E-state index >= 15 is 0 Å². The molecule has 0 aliphatic carbocycles. The molecule has 0 saturated heterocycles. The van der Waals surface area contributed by atoms with Crippen LogP contribution in [0.15, 0.2) is 18.5 Å². The molecule has 3 rings (SSSR count). The maximum atomic E-state index is 4.39. The lowest BCUT2D eigenvalue weighted by Gasteiger charge is -2.32. The molecule has 0 N–H and O–H groups in total. The zero-order chi connectivity index (χ0) is 16.9. The number of benzene rings is 1. The first-order valence-electron chi connectivity index (χ1n) is 8.10. The third-order valence-corrected chi connectivity index (χ3v) is 5.62. The fraction of sp³-hybridized carbons (Fsp3) is 0.400. The summed E-state index contributed by atoms with van der Waals surface area (Å²) in [7, 11) is 2.19. The van der Waals surface area contributed by atoms with Gasteiger partial charge in [-0.25, -0.2) is 9.97 Å². The first kappa shape index (κ1) is 15.7. The van der Waals surface area contributed by atoms with E-state index in [-0.39, 0.29) is 5.54 Å². The first-order chi connectivity index (χ1) is 10.8. The molecule has 1 aliphatic heterocycles. The van der Waals surface area contributed by atoms with Gasteiger partial charge in [-0.1, -0.05) is 0 Å². The van der Waals surface area contributed by atoms with Gasteiger partial charge in [0, 0.05) is 30.7 Å². The molecule has 1 aromatic carbocycles. The molecule has 3 nitrogen and oxygen atoms in total. The van der Waals surface area contributed by atoms with Gasteiger partial charge in [-0.05, 0) is 81.5 Å². The van der Waals surface area contributed by atoms with Gasteiger partial charge >= 0.3 is 0 Å². The molecule has 1 aliphatic rings. The Morgan fingerprint density at radius 3 is 2.09 bits per heavy atom. The molecular formula is C20H25N3. The molecule has 3 heteroatoms. The average molecular weight is 307 g/mol. The largest absolute Gasteiger partial charge is 0.365 e. The van der Waals surface area contributed by atoms with E-state index in [0.29, 0.717) is 0 Å². The Hall–Kier alpha value is -2.16. The Kier molecular flexibility index (Phi) is 3.55. The number of hydrogen-bond acceptors (Lipinski definition) is 3. The monoisotopic (exact) mass is 307 g/mol. The minimum Gasteiger partial charge on any atom is -0.365 e. The molecule has 0 bridgehead atoms. The number of likely N-dealkylation sites (N-methyl/N-ethyl adjacent to an activating group) is 1. The standard InChI is InChI=1S/C20H25N3/c1-12-13(2)15(4)19-18(14(12)3)16(20(5,6)23(19)7)11-17-21-9-8-10-22-17/h8-11H,1-7H3/b16-11+. The zero-order valence-electron chi connectivity index (χ0n) is 15.2. The molecule has 0 unspecified atom stereocenters. The molecule has 0 fully saturated rings. The Morgan fingerprint density at radius 1 is 0.913 bits per heavy atom. The van der Waals surface area contributed by atoms with E-state index in [9.17, 15) is 0 Å². The lowest BCUT2D eigenvalue weighted by atomic mass is 9.86. The van der Waals surface area contributed by atoms with Crippen LogP contribution in [0, 0.1) is 27.7 Å². The molecule has 1 aromatic heterocycles. The van der Waals surface area contributed by atoms with E-state index in [1.165, 1.54) is 39.1 Å². The minimum atomic E-state index is -0.0860. The predicted octanol–water partition coefficient (Wildman–Crippen LogP) is 4.48. The van der Waals surface area contributed by atoms with Gasteiger partial charge in [-0.3, -0.25) is 0 Å². The van der Waals surface area contributed by atoms with Crippen molar-refractivity contribution in [3.8, 4) is 0 Å². The van der Waals surface area contributed by atoms with Crippen LogP contribution < -0.4 is 4.90 Å². The summed E-state index contributed by atoms with van der Waals surface area (Å²) in [5, 5.41) is 0. The summed E-state index contributed by atoms with van der Waals surface area (Å²) in [6.07, 6.45) is 5.73. The SMILES string of the molecule is Cc1c(C)c(C)c2c(c1C)/C(=C\c1ncccn1)C(C)(C)N2C. The Morgan fingerprint density at radius 2 is 1.48 bits per heavy atom. The Labute approximate surface area is 139 Å². The van der Waals surface area contributed by atoms with E-state index in [0.717, 1.165) is 5.82 Å². The van der Waals surface area contributed by atoms with Crippen molar-refractivity contribution in [3.05, 3.63) is 52.1 Å². The van der Waals surface area contributed by atoms with Crippen molar-refractivity contribution in [2.75, 3.05) is 11.9 Å². The predicted molar refractivity (Wildman–Crippen MR) is 97.8 cm³/mol. The van der Waals surface area contributed by atoms with Crippen molar-refractivity contribution in [3.63, 3.8) is 0 Å². The normalized spacial score (nSPS) is 17.7. The molecule has 23 heavy (non-hydrogen) atoms. The highest BCUT2D eigenvalue weighted by atomic mass is 15.2. The van der Waals surface area contributed by atoms with Crippen LogP contribution in [0.2, 0.25) is 0 Å². The summed E-state index contributed by atoms with van der Waals surface area (Å²) < 4.78 is 0. The van der Waals surface area contributed by atoms with E-state index in [4.69, 9.17) is 0 Å². The van der Waals surface area contributed by atoms with Crippen LogP contribution in [0.4, 0.5) is 5.69 Å². The summed E-state index contributed by atoms with van der Waals surface area (Å²) >= 11 is 0. The summed E-state index contributed by atoms with van der Waals surface area (Å²) in [6.45, 7) is 13.4. The number of fused-ring (bicyclic) bond motifs is 1. The molecule has 0 saturated carbocycles. The van der Waals surface area contributed by atoms with Crippen LogP contribution in [0.25, 0.3) is 11.6 Å². The van der Waals surface area contributed by atoms with E-state index in [1.54, 1.807) is 12.4 Å². The Bertz CT molecular complexity index is 802. The average Bonchev–Trinajstić information content (AvgIpc) is 2.73. The maximum absolute atomic E-state index is 4.39. The van der Waals surface area contributed by atoms with Gasteiger partial charge in [-0.2, -0.15) is 0 Å². The van der Waals surface area contributed by atoms with E-state index in [2.05, 4.69) is 69.5 Å². The highest BCUT2D eigenvalue weighted by Gasteiger charge is 2.41. The highest BCUT2D eigenvalue weighted by Crippen LogP contribution is 2.51. The van der Waals surface area contributed by atoms with Gasteiger partial charge in [0.05, 0.1) is 5.54 Å². The highest BCUT2D eigenvalue weighted by molar-refractivity contribution is 6.00. The van der Waals surface area contributed by atoms with Crippen molar-refractivity contribution in [1.29, 1.82) is 0 Å². The smallest absolute Gasteiger partial charge is 0.152 e. The fourth-order valence-electron chi connectivity index (χ4n) is 3.57. The first-order valence-corrected chi connectivity index (χ1v) is 8.10. The topological polar surface area (TPSA) is 29.0 Å². The van der Waals surface area contributed by atoms with Gasteiger partial charge in [0.2, 0.25) is 0 Å². The molecule has 0 atom stereocenters. The number of nitrogens with zero attached hydrogens (tertiary/aromatic N) is 3. The lowest BCUT2D eigenvalue weighted by Crippen LogP contribution is -2.37. The second kappa shape index (κ2) is 5.19. The van der Waals surface area contributed by atoms with Gasteiger partial charge in [0.25, 0.3) is 0 Å². The summed E-state index contributed by atoms with van der Waals surface area (Å²) in [6, 6.07) is 1.85. The van der Waals surface area contributed by atoms with Crippen LogP contribution in [0.3, 0.4) is 0 Å². The second-order valence-electron chi connectivity index (χ2n) is 7.01. The number of anilines is 1. The molecule has 120 valence electrons. The number of rotatable bonds is 1. The van der Waals surface area contributed by atoms with Gasteiger partial charge in [0.15, 0.2) is 5.82 Å². The summed E-state index contributed by atoms with van der Waals surface area (Å²) in [5.74, 6) is 0.770. The molecule has 2 aromatic rings. The van der Waals surface area contributed by atoms with Crippen LogP contribution in [-0.4, -0.2) is 22.6 Å². The fourth-order valence-corrected chi connectivity index (χ4v) is 3.57. The van der Waals surface area contributed by atoms with Crippen molar-refractivity contribution in [1.82, 2.24) is 9.97 Å². The van der Waals surface area contributed by atoms with Crippen molar-refractivity contribution in [2.45, 2.75) is 47.1 Å². The molecule has 0 spiro atoms. The van der Waals surface area contributed by atoms with Gasteiger partial charge in [0.1, 0.15) is 0 Å². The molecule has 0 amide bonds. The third kappa shape index (κ3) is 2.18. The van der Waals surface area contributed by atoms with Gasteiger partial charge < -0.3 is 4.90 Å². The maximum Gasteiger partial charge on any atom is 0.152 e. The molecule has 2 heterocycles. The number of hydrogen-bond donors (Lipinski definition) is 0. The quantitative estimate of drug-likeness (QED) is 0.778. The van der Waals surface area contributed by atoms with Crippen molar-refractivity contribution < 1.29 is 0 Å². The van der Waals surface area contributed by atoms with E-state index in [1.807, 2.05) is 6.07 Å². The second-order valence-corrected chi connectivity index (χ2v) is 7.01.